The van der Waals surface area contributed by atoms with Gasteiger partial charge in [0.05, 0.1) is 12.7 Å². The molecule has 0 spiro atoms. The van der Waals surface area contributed by atoms with E-state index in [1.165, 1.54) is 25.7 Å². The van der Waals surface area contributed by atoms with Gasteiger partial charge in [0.2, 0.25) is 0 Å². The zero-order chi connectivity index (χ0) is 13.6. The molecular formula is C15H30N2O2. The Balaban J connectivity index is 1.89. The number of hydrogen-bond donors (Lipinski definition) is 1. The first-order chi connectivity index (χ1) is 9.28. The fourth-order valence-electron chi connectivity index (χ4n) is 3.47. The van der Waals surface area contributed by atoms with Crippen LogP contribution in [0.4, 0.5) is 0 Å². The largest absolute Gasteiger partial charge is 0.384 e. The Morgan fingerprint density at radius 3 is 2.74 bits per heavy atom. The molecular weight excluding hydrogens is 240 g/mol. The summed E-state index contributed by atoms with van der Waals surface area (Å²) in [7, 11) is 1.83. The quantitative estimate of drug-likeness (QED) is 0.760. The molecule has 2 heterocycles. The summed E-state index contributed by atoms with van der Waals surface area (Å²) in [5.41, 5.74) is 0.342. The summed E-state index contributed by atoms with van der Waals surface area (Å²) in [6.07, 6.45) is 5.37. The summed E-state index contributed by atoms with van der Waals surface area (Å²) in [5, 5.41) is 3.46. The molecule has 0 radical (unpaired) electrons. The van der Waals surface area contributed by atoms with E-state index in [4.69, 9.17) is 9.47 Å². The highest BCUT2D eigenvalue weighted by Gasteiger charge is 2.34. The van der Waals surface area contributed by atoms with Crippen molar-refractivity contribution < 1.29 is 9.47 Å². The van der Waals surface area contributed by atoms with Crippen LogP contribution in [-0.4, -0.2) is 64.1 Å². The van der Waals surface area contributed by atoms with Crippen LogP contribution in [0.15, 0.2) is 0 Å². The molecule has 0 saturated carbocycles. The maximum Gasteiger partial charge on any atom is 0.0702 e. The van der Waals surface area contributed by atoms with Gasteiger partial charge < -0.3 is 19.7 Å². The van der Waals surface area contributed by atoms with Gasteiger partial charge in [-0.05, 0) is 45.3 Å². The van der Waals surface area contributed by atoms with Crippen LogP contribution in [0.25, 0.3) is 0 Å². The van der Waals surface area contributed by atoms with Crippen LogP contribution in [0, 0.1) is 5.41 Å². The summed E-state index contributed by atoms with van der Waals surface area (Å²) in [6.45, 7) is 9.71. The Labute approximate surface area is 117 Å². The van der Waals surface area contributed by atoms with Crippen molar-refractivity contribution in [2.24, 2.45) is 5.41 Å². The molecule has 2 aliphatic rings. The van der Waals surface area contributed by atoms with Crippen molar-refractivity contribution in [3.63, 3.8) is 0 Å². The first-order valence-electron chi connectivity index (χ1n) is 7.81. The van der Waals surface area contributed by atoms with E-state index in [1.54, 1.807) is 0 Å². The normalized spacial score (nSPS) is 27.0. The smallest absolute Gasteiger partial charge is 0.0702 e. The predicted molar refractivity (Wildman–Crippen MR) is 77.5 cm³/mol. The molecule has 1 unspecified atom stereocenters. The minimum absolute atomic E-state index is 0.342. The maximum atomic E-state index is 5.78. The summed E-state index contributed by atoms with van der Waals surface area (Å²) in [4.78, 5) is 2.57. The topological polar surface area (TPSA) is 33.7 Å². The highest BCUT2D eigenvalue weighted by atomic mass is 16.5. The molecule has 0 aromatic heterocycles. The summed E-state index contributed by atoms with van der Waals surface area (Å²) in [5.74, 6) is 0. The second kappa shape index (κ2) is 7.58. The number of nitrogens with one attached hydrogen (secondary N) is 1. The van der Waals surface area contributed by atoms with E-state index in [9.17, 15) is 0 Å². The Morgan fingerprint density at radius 2 is 2.16 bits per heavy atom. The predicted octanol–water partition coefficient (Wildman–Crippen LogP) is 1.50. The SMILES string of the molecule is CCN(CC1CCCO1)CC1(COC)CCNCC1. The van der Waals surface area contributed by atoms with Gasteiger partial charge in [0.25, 0.3) is 0 Å². The number of nitrogens with zero attached hydrogens (tertiary/aromatic N) is 1. The molecule has 2 aliphatic heterocycles. The molecule has 2 fully saturated rings. The van der Waals surface area contributed by atoms with E-state index in [1.807, 2.05) is 7.11 Å². The summed E-state index contributed by atoms with van der Waals surface area (Å²) < 4.78 is 11.3. The molecule has 2 rings (SSSR count). The van der Waals surface area contributed by atoms with Crippen molar-refractivity contribution in [2.45, 2.75) is 38.7 Å². The van der Waals surface area contributed by atoms with Gasteiger partial charge in [-0.1, -0.05) is 6.92 Å². The number of hydrogen-bond acceptors (Lipinski definition) is 4. The van der Waals surface area contributed by atoms with E-state index in [-0.39, 0.29) is 0 Å². The van der Waals surface area contributed by atoms with Crippen molar-refractivity contribution in [1.29, 1.82) is 0 Å². The van der Waals surface area contributed by atoms with E-state index in [2.05, 4.69) is 17.1 Å². The van der Waals surface area contributed by atoms with Gasteiger partial charge in [0, 0.05) is 32.2 Å². The molecule has 1 atom stereocenters. The standard InChI is InChI=1S/C15H30N2O2/c1-3-17(11-14-5-4-10-19-14)12-15(13-18-2)6-8-16-9-7-15/h14,16H,3-13H2,1-2H3. The minimum atomic E-state index is 0.342. The molecule has 2 saturated heterocycles. The van der Waals surface area contributed by atoms with Gasteiger partial charge in [-0.2, -0.15) is 0 Å². The van der Waals surface area contributed by atoms with E-state index in [0.29, 0.717) is 11.5 Å². The van der Waals surface area contributed by atoms with Gasteiger partial charge >= 0.3 is 0 Å². The third-order valence-electron chi connectivity index (χ3n) is 4.61. The lowest BCUT2D eigenvalue weighted by atomic mass is 9.79. The van der Waals surface area contributed by atoms with Crippen molar-refractivity contribution in [1.82, 2.24) is 10.2 Å². The molecule has 0 bridgehead atoms. The minimum Gasteiger partial charge on any atom is -0.384 e. The van der Waals surface area contributed by atoms with E-state index < -0.39 is 0 Å². The molecule has 112 valence electrons. The van der Waals surface area contributed by atoms with Gasteiger partial charge in [0.1, 0.15) is 0 Å². The molecule has 4 nitrogen and oxygen atoms in total. The Morgan fingerprint density at radius 1 is 1.37 bits per heavy atom. The Bertz CT molecular complexity index is 243. The zero-order valence-electron chi connectivity index (χ0n) is 12.6. The Kier molecular flexibility index (Phi) is 6.07. The average Bonchev–Trinajstić information content (AvgIpc) is 2.92. The van der Waals surface area contributed by atoms with Crippen molar-refractivity contribution >= 4 is 0 Å². The molecule has 0 amide bonds. The molecule has 0 aromatic carbocycles. The van der Waals surface area contributed by atoms with Crippen LogP contribution in [-0.2, 0) is 9.47 Å². The number of ether oxygens (including phenoxy) is 2. The fourth-order valence-corrected chi connectivity index (χ4v) is 3.47. The van der Waals surface area contributed by atoms with Gasteiger partial charge in [0.15, 0.2) is 0 Å². The van der Waals surface area contributed by atoms with Crippen LogP contribution < -0.4 is 5.32 Å². The lowest BCUT2D eigenvalue weighted by molar-refractivity contribution is 0.00609. The third kappa shape index (κ3) is 4.42. The maximum absolute atomic E-state index is 5.78. The van der Waals surface area contributed by atoms with E-state index in [0.717, 1.165) is 45.9 Å². The highest BCUT2D eigenvalue weighted by Crippen LogP contribution is 2.30. The van der Waals surface area contributed by atoms with Crippen LogP contribution in [0.3, 0.4) is 0 Å². The van der Waals surface area contributed by atoms with Crippen LogP contribution >= 0.6 is 0 Å². The van der Waals surface area contributed by atoms with Crippen molar-refractivity contribution in [2.75, 3.05) is 53.0 Å². The number of rotatable bonds is 7. The fraction of sp³-hybridized carbons (Fsp3) is 1.00. The molecule has 4 heteroatoms. The molecule has 19 heavy (non-hydrogen) atoms. The second-order valence-corrected chi connectivity index (χ2v) is 6.15. The van der Waals surface area contributed by atoms with Gasteiger partial charge in [-0.15, -0.1) is 0 Å². The first kappa shape index (κ1) is 15.2. The summed E-state index contributed by atoms with van der Waals surface area (Å²) >= 11 is 0. The number of piperidine rings is 1. The lowest BCUT2D eigenvalue weighted by Crippen LogP contribution is -2.48. The van der Waals surface area contributed by atoms with Crippen LogP contribution in [0.2, 0.25) is 0 Å². The molecule has 1 N–H and O–H groups in total. The van der Waals surface area contributed by atoms with E-state index >= 15 is 0 Å². The number of methoxy groups -OCH3 is 1. The second-order valence-electron chi connectivity index (χ2n) is 6.15. The lowest BCUT2D eigenvalue weighted by Gasteiger charge is -2.41. The average molecular weight is 270 g/mol. The van der Waals surface area contributed by atoms with Crippen molar-refractivity contribution in [3.8, 4) is 0 Å². The highest BCUT2D eigenvalue weighted by molar-refractivity contribution is 4.88. The first-order valence-corrected chi connectivity index (χ1v) is 7.81. The Hall–Kier alpha value is -0.160. The summed E-state index contributed by atoms with van der Waals surface area (Å²) in [6, 6.07) is 0. The van der Waals surface area contributed by atoms with Gasteiger partial charge in [-0.3, -0.25) is 0 Å². The number of likely N-dealkylation sites (N-methyl/N-ethyl adjacent to an activating group) is 1. The van der Waals surface area contributed by atoms with Crippen LogP contribution in [0.5, 0.6) is 0 Å². The molecule has 0 aromatic rings. The monoisotopic (exact) mass is 270 g/mol. The third-order valence-corrected chi connectivity index (χ3v) is 4.61. The zero-order valence-corrected chi connectivity index (χ0v) is 12.6. The van der Waals surface area contributed by atoms with Crippen molar-refractivity contribution in [3.05, 3.63) is 0 Å². The van der Waals surface area contributed by atoms with Gasteiger partial charge in [-0.25, -0.2) is 0 Å². The van der Waals surface area contributed by atoms with Crippen LogP contribution in [0.1, 0.15) is 32.6 Å². The molecule has 0 aliphatic carbocycles.